The number of ether oxygens (including phenoxy) is 2. The van der Waals surface area contributed by atoms with Crippen LogP contribution in [-0.4, -0.2) is 61.6 Å². The second-order valence-corrected chi connectivity index (χ2v) is 5.28. The number of aromatic hydroxyl groups is 1. The Hall–Kier alpha value is -2.78. The number of aliphatic hydroxyl groups excluding tert-OH is 1. The molecule has 1 aromatic carbocycles. The number of amides is 1. The lowest BCUT2D eigenvalue weighted by Gasteiger charge is -2.12. The Morgan fingerprint density at radius 2 is 1.92 bits per heavy atom. The molecule has 0 bridgehead atoms. The maximum Gasteiger partial charge on any atom is 0.265 e. The number of quaternary nitrogens is 1. The van der Waals surface area contributed by atoms with Crippen LogP contribution in [0.3, 0.4) is 0 Å². The summed E-state index contributed by atoms with van der Waals surface area (Å²) < 4.78 is 10.3. The first-order valence-electron chi connectivity index (χ1n) is 7.75. The number of aromatic amines is 1. The molecule has 0 spiro atoms. The monoisotopic (exact) mass is 352 g/mol. The summed E-state index contributed by atoms with van der Waals surface area (Å²) in [5.74, 6) is -0.339. The van der Waals surface area contributed by atoms with E-state index in [1.807, 2.05) is 5.32 Å². The first kappa shape index (κ1) is 18.6. The SMILES string of the molecule is COc1cc2[nH]c(=O)c(C(=O)NCC[NH2+]CCO)c(O)c2cc1OC. The molecule has 0 aliphatic heterocycles. The number of nitrogens with one attached hydrogen (secondary N) is 2. The number of aliphatic hydroxyl groups is 1. The third-order valence-corrected chi connectivity index (χ3v) is 3.69. The van der Waals surface area contributed by atoms with Gasteiger partial charge in [-0.3, -0.25) is 9.59 Å². The molecule has 0 aliphatic rings. The number of pyridine rings is 1. The minimum Gasteiger partial charge on any atom is -0.506 e. The standard InChI is InChI=1S/C16H21N3O6/c1-24-11-7-9-10(8-12(11)25-2)19-16(23)13(14(9)21)15(22)18-4-3-17-5-6-20/h7-8,17,20H,3-6H2,1-2H3,(H,18,22)(H2,19,21,23)/p+1. The van der Waals surface area contributed by atoms with Crippen molar-refractivity contribution in [3.05, 3.63) is 28.0 Å². The Bertz CT molecular complexity index is 818. The Balaban J connectivity index is 2.34. The van der Waals surface area contributed by atoms with E-state index in [-0.39, 0.29) is 17.6 Å². The van der Waals surface area contributed by atoms with E-state index in [0.717, 1.165) is 0 Å². The summed E-state index contributed by atoms with van der Waals surface area (Å²) in [6.45, 7) is 1.41. The molecule has 0 radical (unpaired) electrons. The number of carbonyl (C=O) groups excluding carboxylic acids is 1. The Kier molecular flexibility index (Phi) is 6.20. The molecule has 9 heteroatoms. The summed E-state index contributed by atoms with van der Waals surface area (Å²) in [6, 6.07) is 3.01. The minimum absolute atomic E-state index is 0.0460. The lowest BCUT2D eigenvalue weighted by Crippen LogP contribution is -2.86. The summed E-state index contributed by atoms with van der Waals surface area (Å²) in [5, 5.41) is 23.8. The van der Waals surface area contributed by atoms with Crippen molar-refractivity contribution in [2.45, 2.75) is 0 Å². The summed E-state index contributed by atoms with van der Waals surface area (Å²) in [7, 11) is 2.90. The molecular formula is C16H22N3O6+. The third kappa shape index (κ3) is 4.01. The van der Waals surface area contributed by atoms with Crippen molar-refractivity contribution in [1.82, 2.24) is 10.3 Å². The van der Waals surface area contributed by atoms with Crippen LogP contribution in [0.5, 0.6) is 17.2 Å². The number of fused-ring (bicyclic) bond motifs is 1. The van der Waals surface area contributed by atoms with Gasteiger partial charge in [-0.1, -0.05) is 0 Å². The van der Waals surface area contributed by atoms with E-state index in [1.54, 1.807) is 0 Å². The maximum atomic E-state index is 12.2. The fourth-order valence-electron chi connectivity index (χ4n) is 2.43. The average Bonchev–Trinajstić information content (AvgIpc) is 2.60. The molecule has 0 fully saturated rings. The van der Waals surface area contributed by atoms with E-state index in [4.69, 9.17) is 14.6 Å². The van der Waals surface area contributed by atoms with Gasteiger partial charge in [0.25, 0.3) is 11.5 Å². The van der Waals surface area contributed by atoms with Crippen LogP contribution in [-0.2, 0) is 0 Å². The number of hydrogen-bond acceptors (Lipinski definition) is 6. The topological polar surface area (TPSA) is 137 Å². The predicted molar refractivity (Wildman–Crippen MR) is 90.4 cm³/mol. The summed E-state index contributed by atoms with van der Waals surface area (Å²) in [5.41, 5.74) is -0.732. The van der Waals surface area contributed by atoms with Crippen LogP contribution in [0.2, 0.25) is 0 Å². The Labute approximate surface area is 143 Å². The number of rotatable bonds is 8. The molecule has 25 heavy (non-hydrogen) atoms. The van der Waals surface area contributed by atoms with Gasteiger partial charge in [-0.15, -0.1) is 0 Å². The first-order chi connectivity index (χ1) is 12.0. The van der Waals surface area contributed by atoms with E-state index >= 15 is 0 Å². The first-order valence-corrected chi connectivity index (χ1v) is 7.75. The fourth-order valence-corrected chi connectivity index (χ4v) is 2.43. The molecule has 136 valence electrons. The molecule has 0 aliphatic carbocycles. The molecule has 0 saturated heterocycles. The van der Waals surface area contributed by atoms with Gasteiger partial charge in [0.2, 0.25) is 0 Å². The summed E-state index contributed by atoms with van der Waals surface area (Å²) in [6.07, 6.45) is 0. The predicted octanol–water partition coefficient (Wildman–Crippen LogP) is -1.46. The smallest absolute Gasteiger partial charge is 0.265 e. The van der Waals surface area contributed by atoms with Gasteiger partial charge in [0.1, 0.15) is 11.3 Å². The van der Waals surface area contributed by atoms with Crippen LogP contribution in [0, 0.1) is 0 Å². The van der Waals surface area contributed by atoms with E-state index in [2.05, 4.69) is 10.3 Å². The summed E-state index contributed by atoms with van der Waals surface area (Å²) in [4.78, 5) is 27.0. The number of hydrogen-bond donors (Lipinski definition) is 5. The Morgan fingerprint density at radius 1 is 1.24 bits per heavy atom. The molecule has 0 unspecified atom stereocenters. The highest BCUT2D eigenvalue weighted by molar-refractivity contribution is 6.02. The number of carbonyl (C=O) groups is 1. The molecular weight excluding hydrogens is 330 g/mol. The highest BCUT2D eigenvalue weighted by Gasteiger charge is 2.20. The van der Waals surface area contributed by atoms with E-state index < -0.39 is 17.2 Å². The lowest BCUT2D eigenvalue weighted by molar-refractivity contribution is -0.654. The second-order valence-electron chi connectivity index (χ2n) is 5.28. The van der Waals surface area contributed by atoms with Crippen LogP contribution < -0.4 is 25.7 Å². The van der Waals surface area contributed by atoms with E-state index in [9.17, 15) is 14.7 Å². The number of H-pyrrole nitrogens is 1. The fraction of sp³-hybridized carbons (Fsp3) is 0.375. The van der Waals surface area contributed by atoms with Crippen LogP contribution in [0.25, 0.3) is 10.9 Å². The molecule has 9 nitrogen and oxygen atoms in total. The average molecular weight is 352 g/mol. The lowest BCUT2D eigenvalue weighted by atomic mass is 10.1. The maximum absolute atomic E-state index is 12.2. The quantitative estimate of drug-likeness (QED) is 0.368. The minimum atomic E-state index is -0.700. The molecule has 1 heterocycles. The van der Waals surface area contributed by atoms with Crippen LogP contribution in [0.15, 0.2) is 16.9 Å². The molecule has 6 N–H and O–H groups in total. The van der Waals surface area contributed by atoms with Gasteiger partial charge in [-0.25, -0.2) is 0 Å². The van der Waals surface area contributed by atoms with Crippen molar-refractivity contribution in [2.24, 2.45) is 0 Å². The van der Waals surface area contributed by atoms with Crippen molar-refractivity contribution in [3.63, 3.8) is 0 Å². The molecule has 0 atom stereocenters. The van der Waals surface area contributed by atoms with Crippen molar-refractivity contribution in [1.29, 1.82) is 0 Å². The van der Waals surface area contributed by atoms with Gasteiger partial charge in [0.15, 0.2) is 11.5 Å². The van der Waals surface area contributed by atoms with Crippen LogP contribution >= 0.6 is 0 Å². The number of nitrogens with two attached hydrogens (primary N) is 1. The summed E-state index contributed by atoms with van der Waals surface area (Å²) >= 11 is 0. The molecule has 0 saturated carbocycles. The number of benzene rings is 1. The van der Waals surface area contributed by atoms with Crippen LogP contribution in [0.4, 0.5) is 0 Å². The zero-order valence-corrected chi connectivity index (χ0v) is 14.1. The molecule has 2 rings (SSSR count). The molecule has 1 amide bonds. The number of aromatic nitrogens is 1. The van der Waals surface area contributed by atoms with Crippen molar-refractivity contribution in [2.75, 3.05) is 40.5 Å². The van der Waals surface area contributed by atoms with Crippen molar-refractivity contribution in [3.8, 4) is 17.2 Å². The van der Waals surface area contributed by atoms with Crippen LogP contribution in [0.1, 0.15) is 10.4 Å². The largest absolute Gasteiger partial charge is 0.506 e. The zero-order valence-electron chi connectivity index (χ0n) is 14.1. The van der Waals surface area contributed by atoms with Gasteiger partial charge >= 0.3 is 0 Å². The van der Waals surface area contributed by atoms with Gasteiger partial charge in [-0.2, -0.15) is 0 Å². The van der Waals surface area contributed by atoms with E-state index in [0.29, 0.717) is 36.6 Å². The van der Waals surface area contributed by atoms with Gasteiger partial charge in [0.05, 0.1) is 46.0 Å². The van der Waals surface area contributed by atoms with E-state index in [1.165, 1.54) is 26.4 Å². The van der Waals surface area contributed by atoms with Gasteiger partial charge in [-0.05, 0) is 6.07 Å². The number of methoxy groups -OCH3 is 2. The van der Waals surface area contributed by atoms with Gasteiger partial charge in [0, 0.05) is 11.5 Å². The zero-order chi connectivity index (χ0) is 18.4. The normalized spacial score (nSPS) is 10.7. The Morgan fingerprint density at radius 3 is 2.56 bits per heavy atom. The van der Waals surface area contributed by atoms with Crippen molar-refractivity contribution >= 4 is 16.8 Å². The highest BCUT2D eigenvalue weighted by Crippen LogP contribution is 2.35. The highest BCUT2D eigenvalue weighted by atomic mass is 16.5. The third-order valence-electron chi connectivity index (χ3n) is 3.69. The van der Waals surface area contributed by atoms with Gasteiger partial charge < -0.3 is 35.3 Å². The second kappa shape index (κ2) is 8.36. The molecule has 1 aromatic heterocycles. The molecule has 2 aromatic rings. The van der Waals surface area contributed by atoms with Crippen molar-refractivity contribution < 1.29 is 29.8 Å².